The number of aromatic nitrogens is 2. The van der Waals surface area contributed by atoms with Gasteiger partial charge in [-0.25, -0.2) is 4.98 Å². The van der Waals surface area contributed by atoms with Crippen LogP contribution in [0.3, 0.4) is 0 Å². The quantitative estimate of drug-likeness (QED) is 0.671. The topological polar surface area (TPSA) is 50.6 Å². The average Bonchev–Trinajstić information content (AvgIpc) is 3.15. The first-order valence-electron chi connectivity index (χ1n) is 9.97. The van der Waals surface area contributed by atoms with E-state index in [9.17, 15) is 4.79 Å². The number of rotatable bonds is 5. The van der Waals surface area contributed by atoms with Gasteiger partial charge >= 0.3 is 0 Å². The molecule has 2 aromatic carbocycles. The Balaban J connectivity index is 1.41. The maximum atomic E-state index is 13.2. The number of methoxy groups -OCH3 is 1. The van der Waals surface area contributed by atoms with E-state index in [1.165, 1.54) is 5.56 Å². The fourth-order valence-corrected chi connectivity index (χ4v) is 3.73. The van der Waals surface area contributed by atoms with Gasteiger partial charge in [0.25, 0.3) is 5.91 Å². The maximum absolute atomic E-state index is 13.2. The molecule has 1 fully saturated rings. The van der Waals surface area contributed by atoms with E-state index in [2.05, 4.69) is 22.0 Å². The number of amides is 1. The highest BCUT2D eigenvalue weighted by Crippen LogP contribution is 2.17. The van der Waals surface area contributed by atoms with Gasteiger partial charge in [0.2, 0.25) is 0 Å². The summed E-state index contributed by atoms with van der Waals surface area (Å²) in [6.07, 6.45) is 4.33. The van der Waals surface area contributed by atoms with Gasteiger partial charge in [-0.2, -0.15) is 0 Å². The van der Waals surface area contributed by atoms with E-state index in [1.54, 1.807) is 19.6 Å². The zero-order valence-electron chi connectivity index (χ0n) is 16.7. The lowest BCUT2D eigenvalue weighted by Gasteiger charge is -2.22. The van der Waals surface area contributed by atoms with Gasteiger partial charge in [0.15, 0.2) is 0 Å². The number of carbonyl (C=O) groups is 1. The molecule has 2 heterocycles. The number of hydrogen-bond donors (Lipinski definition) is 0. The van der Waals surface area contributed by atoms with Crippen LogP contribution in [0.5, 0.6) is 5.75 Å². The molecule has 1 aliphatic rings. The van der Waals surface area contributed by atoms with E-state index in [0.717, 1.165) is 50.6 Å². The monoisotopic (exact) mass is 390 g/mol. The molecule has 1 saturated heterocycles. The Hall–Kier alpha value is -3.12. The molecule has 0 atom stereocenters. The van der Waals surface area contributed by atoms with Crippen molar-refractivity contribution in [2.24, 2.45) is 0 Å². The van der Waals surface area contributed by atoms with Gasteiger partial charge in [-0.15, -0.1) is 0 Å². The Labute approximate surface area is 171 Å². The summed E-state index contributed by atoms with van der Waals surface area (Å²) in [5.74, 6) is 0.911. The van der Waals surface area contributed by atoms with Crippen LogP contribution in [0, 0.1) is 0 Å². The molecule has 0 N–H and O–H groups in total. The van der Waals surface area contributed by atoms with E-state index in [-0.39, 0.29) is 5.91 Å². The maximum Gasteiger partial charge on any atom is 0.272 e. The van der Waals surface area contributed by atoms with Crippen LogP contribution in [0.1, 0.15) is 22.5 Å². The van der Waals surface area contributed by atoms with Gasteiger partial charge < -0.3 is 9.64 Å². The summed E-state index contributed by atoms with van der Waals surface area (Å²) in [6.45, 7) is 4.20. The Morgan fingerprint density at radius 1 is 1.00 bits per heavy atom. The van der Waals surface area contributed by atoms with E-state index in [0.29, 0.717) is 5.69 Å². The normalized spacial score (nSPS) is 15.1. The van der Waals surface area contributed by atoms with Gasteiger partial charge in [0.1, 0.15) is 11.4 Å². The molecular weight excluding hydrogens is 364 g/mol. The molecule has 6 heteroatoms. The van der Waals surface area contributed by atoms with Gasteiger partial charge in [-0.05, 0) is 36.2 Å². The summed E-state index contributed by atoms with van der Waals surface area (Å²) in [6, 6.07) is 18.1. The molecule has 0 aliphatic carbocycles. The van der Waals surface area contributed by atoms with E-state index in [1.807, 2.05) is 51.9 Å². The Morgan fingerprint density at radius 2 is 1.79 bits per heavy atom. The van der Waals surface area contributed by atoms with Crippen molar-refractivity contribution in [1.82, 2.24) is 19.4 Å². The number of ether oxygens (including phenoxy) is 1. The minimum atomic E-state index is 0.0395. The third kappa shape index (κ3) is 4.49. The smallest absolute Gasteiger partial charge is 0.272 e. The standard InChI is InChI=1S/C23H26N4O2/c1-29-21-10-8-19(9-11-21)17-25-12-5-13-26(15-14-25)23(28)22-16-24-18-27(22)20-6-3-2-4-7-20/h2-4,6-11,16,18H,5,12-15,17H2,1H3. The first-order chi connectivity index (χ1) is 14.2. The van der Waals surface area contributed by atoms with Gasteiger partial charge in [-0.1, -0.05) is 30.3 Å². The molecule has 0 spiro atoms. The van der Waals surface area contributed by atoms with E-state index >= 15 is 0 Å². The van der Waals surface area contributed by atoms with Crippen molar-refractivity contribution >= 4 is 5.91 Å². The second-order valence-electron chi connectivity index (χ2n) is 7.25. The van der Waals surface area contributed by atoms with Crippen LogP contribution >= 0.6 is 0 Å². The molecule has 29 heavy (non-hydrogen) atoms. The summed E-state index contributed by atoms with van der Waals surface area (Å²) < 4.78 is 7.10. The molecule has 0 radical (unpaired) electrons. The summed E-state index contributed by atoms with van der Waals surface area (Å²) in [5, 5.41) is 0. The Bertz CT molecular complexity index is 937. The van der Waals surface area contributed by atoms with Crippen LogP contribution in [0.25, 0.3) is 5.69 Å². The van der Waals surface area contributed by atoms with E-state index < -0.39 is 0 Å². The zero-order chi connectivity index (χ0) is 20.1. The molecule has 3 aromatic rings. The van der Waals surface area contributed by atoms with E-state index in [4.69, 9.17) is 4.74 Å². The summed E-state index contributed by atoms with van der Waals surface area (Å²) >= 11 is 0. The van der Waals surface area contributed by atoms with Gasteiger partial charge in [0.05, 0.1) is 19.6 Å². The fraction of sp³-hybridized carbons (Fsp3) is 0.304. The SMILES string of the molecule is COc1ccc(CN2CCCN(C(=O)c3cncn3-c3ccccc3)CC2)cc1. The largest absolute Gasteiger partial charge is 0.497 e. The molecule has 1 aliphatic heterocycles. The highest BCUT2D eigenvalue weighted by atomic mass is 16.5. The van der Waals surface area contributed by atoms with Crippen molar-refractivity contribution in [3.8, 4) is 11.4 Å². The molecule has 4 rings (SSSR count). The van der Waals surface area contributed by atoms with Crippen LogP contribution in [0.4, 0.5) is 0 Å². The van der Waals surface area contributed by atoms with Gasteiger partial charge in [-0.3, -0.25) is 14.3 Å². The highest BCUT2D eigenvalue weighted by molar-refractivity contribution is 5.93. The van der Waals surface area contributed by atoms with Crippen LogP contribution in [-0.2, 0) is 6.54 Å². The lowest BCUT2D eigenvalue weighted by molar-refractivity contribution is 0.0753. The van der Waals surface area contributed by atoms with Crippen molar-refractivity contribution in [2.45, 2.75) is 13.0 Å². The minimum absolute atomic E-state index is 0.0395. The summed E-state index contributed by atoms with van der Waals surface area (Å²) in [4.78, 5) is 21.7. The molecule has 0 bridgehead atoms. The molecule has 1 aromatic heterocycles. The molecule has 1 amide bonds. The zero-order valence-corrected chi connectivity index (χ0v) is 16.7. The first kappa shape index (κ1) is 19.2. The highest BCUT2D eigenvalue weighted by Gasteiger charge is 2.23. The Morgan fingerprint density at radius 3 is 2.55 bits per heavy atom. The fourth-order valence-electron chi connectivity index (χ4n) is 3.73. The predicted octanol–water partition coefficient (Wildman–Crippen LogP) is 3.23. The van der Waals surface area contributed by atoms with Gasteiger partial charge in [0, 0.05) is 38.4 Å². The number of imidazole rings is 1. The van der Waals surface area contributed by atoms with Crippen molar-refractivity contribution < 1.29 is 9.53 Å². The van der Waals surface area contributed by atoms with Crippen LogP contribution in [0.2, 0.25) is 0 Å². The molecular formula is C23H26N4O2. The van der Waals surface area contributed by atoms with Crippen LogP contribution in [0.15, 0.2) is 67.1 Å². The Kier molecular flexibility index (Phi) is 5.91. The van der Waals surface area contributed by atoms with Crippen LogP contribution in [-0.4, -0.2) is 58.5 Å². The second-order valence-corrected chi connectivity index (χ2v) is 7.25. The molecule has 6 nitrogen and oxygen atoms in total. The number of nitrogens with zero attached hydrogens (tertiary/aromatic N) is 4. The number of para-hydroxylation sites is 1. The van der Waals surface area contributed by atoms with Crippen LogP contribution < -0.4 is 4.74 Å². The molecule has 0 saturated carbocycles. The summed E-state index contributed by atoms with van der Waals surface area (Å²) in [7, 11) is 1.68. The summed E-state index contributed by atoms with van der Waals surface area (Å²) in [5.41, 5.74) is 2.82. The molecule has 0 unspecified atom stereocenters. The molecule has 150 valence electrons. The van der Waals surface area contributed by atoms with Crippen molar-refractivity contribution in [2.75, 3.05) is 33.3 Å². The minimum Gasteiger partial charge on any atom is -0.497 e. The first-order valence-corrected chi connectivity index (χ1v) is 9.97. The second kappa shape index (κ2) is 8.92. The number of carbonyl (C=O) groups excluding carboxylic acids is 1. The lowest BCUT2D eigenvalue weighted by atomic mass is 10.2. The van der Waals surface area contributed by atoms with Crippen molar-refractivity contribution in [3.05, 3.63) is 78.4 Å². The number of hydrogen-bond acceptors (Lipinski definition) is 4. The lowest BCUT2D eigenvalue weighted by Crippen LogP contribution is -2.36. The van der Waals surface area contributed by atoms with Crippen molar-refractivity contribution in [3.63, 3.8) is 0 Å². The average molecular weight is 390 g/mol. The number of benzene rings is 2. The third-order valence-electron chi connectivity index (χ3n) is 5.33. The predicted molar refractivity (Wildman–Crippen MR) is 112 cm³/mol. The third-order valence-corrected chi connectivity index (χ3v) is 5.33. The van der Waals surface area contributed by atoms with Crippen molar-refractivity contribution in [1.29, 1.82) is 0 Å².